The molecule has 0 fully saturated rings. The van der Waals surface area contributed by atoms with E-state index in [9.17, 15) is 4.39 Å². The first kappa shape index (κ1) is 6.55. The monoisotopic (exact) mass is 143 g/mol. The fourth-order valence-electron chi connectivity index (χ4n) is 0.535. The first-order valence-corrected chi connectivity index (χ1v) is 3.17. The minimum absolute atomic E-state index is 0.256. The van der Waals surface area contributed by atoms with Gasteiger partial charge in [-0.2, -0.15) is 12.6 Å². The zero-order chi connectivity index (χ0) is 6.69. The number of aromatic nitrogens is 1. The van der Waals surface area contributed by atoms with Crippen molar-refractivity contribution in [2.75, 3.05) is 0 Å². The van der Waals surface area contributed by atoms with Gasteiger partial charge in [0.25, 0.3) is 0 Å². The van der Waals surface area contributed by atoms with E-state index >= 15 is 0 Å². The Morgan fingerprint density at radius 1 is 1.67 bits per heavy atom. The maximum atomic E-state index is 12.3. The van der Waals surface area contributed by atoms with Gasteiger partial charge in [-0.1, -0.05) is 0 Å². The van der Waals surface area contributed by atoms with Gasteiger partial charge in [0.05, 0.1) is 5.69 Å². The van der Waals surface area contributed by atoms with E-state index < -0.39 is 0 Å². The maximum Gasteiger partial charge on any atom is 0.126 e. The number of hydrogen-bond acceptors (Lipinski definition) is 2. The fraction of sp³-hybridized carbons (Fsp3) is 0.167. The van der Waals surface area contributed by atoms with Crippen molar-refractivity contribution >= 4 is 12.6 Å². The molecule has 0 atom stereocenters. The van der Waals surface area contributed by atoms with Gasteiger partial charge < -0.3 is 0 Å². The van der Waals surface area contributed by atoms with E-state index in [1.165, 1.54) is 18.3 Å². The lowest BCUT2D eigenvalue weighted by Gasteiger charge is -1.91. The Balaban J connectivity index is 2.94. The van der Waals surface area contributed by atoms with Gasteiger partial charge in [0.15, 0.2) is 0 Å². The molecule has 1 aromatic rings. The summed E-state index contributed by atoms with van der Waals surface area (Å²) < 4.78 is 12.3. The van der Waals surface area contributed by atoms with E-state index in [2.05, 4.69) is 17.6 Å². The average Bonchev–Trinajstić information content (AvgIpc) is 1.88. The molecule has 0 amide bonds. The van der Waals surface area contributed by atoms with E-state index in [0.717, 1.165) is 0 Å². The van der Waals surface area contributed by atoms with Gasteiger partial charge in [-0.25, -0.2) is 4.39 Å². The lowest BCUT2D eigenvalue weighted by atomic mass is 10.4. The Morgan fingerprint density at radius 3 is 2.89 bits per heavy atom. The zero-order valence-electron chi connectivity index (χ0n) is 4.71. The van der Waals surface area contributed by atoms with Gasteiger partial charge in [0, 0.05) is 11.9 Å². The molecule has 0 spiro atoms. The highest BCUT2D eigenvalue weighted by molar-refractivity contribution is 7.79. The minimum Gasteiger partial charge on any atom is -0.260 e. The molecule has 3 heteroatoms. The summed E-state index contributed by atoms with van der Waals surface area (Å²) in [5, 5.41) is 0. The van der Waals surface area contributed by atoms with Crippen LogP contribution in [0.2, 0.25) is 0 Å². The summed E-state index contributed by atoms with van der Waals surface area (Å²) in [6.07, 6.45) is 1.43. The molecule has 0 radical (unpaired) electrons. The second-order valence-corrected chi connectivity index (χ2v) is 1.94. The van der Waals surface area contributed by atoms with Crippen LogP contribution in [0.1, 0.15) is 5.69 Å². The van der Waals surface area contributed by atoms with Crippen LogP contribution in [0.3, 0.4) is 0 Å². The molecule has 0 saturated heterocycles. The molecule has 0 aliphatic rings. The van der Waals surface area contributed by atoms with Crippen LogP contribution in [0.5, 0.6) is 0 Å². The van der Waals surface area contributed by atoms with Crippen LogP contribution in [0, 0.1) is 5.82 Å². The number of pyridine rings is 1. The van der Waals surface area contributed by atoms with Crippen molar-refractivity contribution in [3.05, 3.63) is 29.8 Å². The third-order valence-electron chi connectivity index (χ3n) is 0.941. The Kier molecular flexibility index (Phi) is 2.05. The SMILES string of the molecule is Fc1ccnc(CS)c1. The topological polar surface area (TPSA) is 12.9 Å². The second kappa shape index (κ2) is 2.82. The van der Waals surface area contributed by atoms with Crippen molar-refractivity contribution in [1.29, 1.82) is 0 Å². The molecule has 1 aromatic heterocycles. The molecule has 0 unspecified atom stereocenters. The largest absolute Gasteiger partial charge is 0.260 e. The Bertz CT molecular complexity index is 202. The summed E-state index contributed by atoms with van der Waals surface area (Å²) in [5.41, 5.74) is 0.665. The zero-order valence-corrected chi connectivity index (χ0v) is 5.61. The fourth-order valence-corrected chi connectivity index (χ4v) is 0.708. The molecule has 0 aliphatic carbocycles. The van der Waals surface area contributed by atoms with E-state index in [1.807, 2.05) is 0 Å². The molecule has 9 heavy (non-hydrogen) atoms. The van der Waals surface area contributed by atoms with Crippen molar-refractivity contribution in [3.8, 4) is 0 Å². The minimum atomic E-state index is -0.256. The summed E-state index contributed by atoms with van der Waals surface area (Å²) in [4.78, 5) is 3.84. The first-order valence-electron chi connectivity index (χ1n) is 2.54. The molecule has 1 heterocycles. The van der Waals surface area contributed by atoms with Crippen LogP contribution in [0.15, 0.2) is 18.3 Å². The molecule has 0 N–H and O–H groups in total. The molecule has 0 saturated carbocycles. The third-order valence-corrected chi connectivity index (χ3v) is 1.26. The van der Waals surface area contributed by atoms with Gasteiger partial charge in [0.2, 0.25) is 0 Å². The van der Waals surface area contributed by atoms with Gasteiger partial charge in [-0.15, -0.1) is 0 Å². The molecular formula is C6H6FNS. The molecule has 1 rings (SSSR count). The van der Waals surface area contributed by atoms with Crippen molar-refractivity contribution in [1.82, 2.24) is 4.98 Å². The van der Waals surface area contributed by atoms with Gasteiger partial charge in [-0.05, 0) is 12.1 Å². The van der Waals surface area contributed by atoms with Crippen LogP contribution in [-0.2, 0) is 5.75 Å². The van der Waals surface area contributed by atoms with Gasteiger partial charge >= 0.3 is 0 Å². The molecular weight excluding hydrogens is 137 g/mol. The van der Waals surface area contributed by atoms with E-state index in [-0.39, 0.29) is 5.82 Å². The van der Waals surface area contributed by atoms with E-state index in [4.69, 9.17) is 0 Å². The highest BCUT2D eigenvalue weighted by Gasteiger charge is 1.90. The quantitative estimate of drug-likeness (QED) is 0.590. The van der Waals surface area contributed by atoms with Crippen molar-refractivity contribution in [3.63, 3.8) is 0 Å². The number of halogens is 1. The normalized spacial score (nSPS) is 9.56. The number of hydrogen-bond donors (Lipinski definition) is 1. The maximum absolute atomic E-state index is 12.3. The lowest BCUT2D eigenvalue weighted by molar-refractivity contribution is 0.623. The van der Waals surface area contributed by atoms with E-state index in [0.29, 0.717) is 11.4 Å². The molecule has 0 aliphatic heterocycles. The number of rotatable bonds is 1. The molecule has 48 valence electrons. The van der Waals surface area contributed by atoms with Crippen molar-refractivity contribution < 1.29 is 4.39 Å². The van der Waals surface area contributed by atoms with Crippen molar-refractivity contribution in [2.45, 2.75) is 5.75 Å². The standard InChI is InChI=1S/C6H6FNS/c7-5-1-2-8-6(3-5)4-9/h1-3,9H,4H2. The molecule has 0 bridgehead atoms. The van der Waals surface area contributed by atoms with Crippen LogP contribution in [0.4, 0.5) is 4.39 Å². The molecule has 0 aromatic carbocycles. The predicted molar refractivity (Wildman–Crippen MR) is 36.9 cm³/mol. The Morgan fingerprint density at radius 2 is 2.44 bits per heavy atom. The molecule has 1 nitrogen and oxygen atoms in total. The van der Waals surface area contributed by atoms with Crippen LogP contribution in [-0.4, -0.2) is 4.98 Å². The summed E-state index contributed by atoms with van der Waals surface area (Å²) >= 11 is 3.93. The predicted octanol–water partition coefficient (Wildman–Crippen LogP) is 1.65. The summed E-state index contributed by atoms with van der Waals surface area (Å²) in [7, 11) is 0. The highest BCUT2D eigenvalue weighted by atomic mass is 32.1. The second-order valence-electron chi connectivity index (χ2n) is 1.62. The third kappa shape index (κ3) is 1.68. The summed E-state index contributed by atoms with van der Waals surface area (Å²) in [6, 6.07) is 2.68. The average molecular weight is 143 g/mol. The Labute approximate surface area is 58.3 Å². The smallest absolute Gasteiger partial charge is 0.126 e. The lowest BCUT2D eigenvalue weighted by Crippen LogP contribution is -1.84. The first-order chi connectivity index (χ1) is 4.33. The van der Waals surface area contributed by atoms with Crippen LogP contribution < -0.4 is 0 Å². The van der Waals surface area contributed by atoms with Crippen molar-refractivity contribution in [2.24, 2.45) is 0 Å². The highest BCUT2D eigenvalue weighted by Crippen LogP contribution is 2.00. The number of thiol groups is 1. The van der Waals surface area contributed by atoms with Crippen LogP contribution >= 0.6 is 12.6 Å². The van der Waals surface area contributed by atoms with Gasteiger partial charge in [0.1, 0.15) is 5.82 Å². The van der Waals surface area contributed by atoms with Crippen LogP contribution in [0.25, 0.3) is 0 Å². The Hall–Kier alpha value is -0.570. The summed E-state index contributed by atoms with van der Waals surface area (Å²) in [5.74, 6) is 0.228. The van der Waals surface area contributed by atoms with E-state index in [1.54, 1.807) is 0 Å². The van der Waals surface area contributed by atoms with Gasteiger partial charge in [-0.3, -0.25) is 4.98 Å². The summed E-state index contributed by atoms with van der Waals surface area (Å²) in [6.45, 7) is 0. The number of nitrogens with zero attached hydrogens (tertiary/aromatic N) is 1.